The third kappa shape index (κ3) is 4.75. The van der Waals surface area contributed by atoms with E-state index in [1.807, 2.05) is 29.6 Å². The van der Waals surface area contributed by atoms with Crippen LogP contribution in [0.1, 0.15) is 5.56 Å². The number of hydrogen-bond acceptors (Lipinski definition) is 4. The molecule has 1 amide bonds. The molecule has 0 atom stereocenters. The number of hydrogen-bond donors (Lipinski definition) is 1. The SMILES string of the molecule is O=C(CSC1=Nc2ccccc2CS1)NCC(F)(F)F. The van der Waals surface area contributed by atoms with Gasteiger partial charge in [0.1, 0.15) is 10.9 Å². The summed E-state index contributed by atoms with van der Waals surface area (Å²) in [4.78, 5) is 15.6. The number of thioether (sulfide) groups is 2. The molecule has 1 aliphatic rings. The molecule has 8 heteroatoms. The predicted molar refractivity (Wildman–Crippen MR) is 76.4 cm³/mol. The zero-order valence-corrected chi connectivity index (χ0v) is 11.9. The van der Waals surface area contributed by atoms with E-state index < -0.39 is 18.6 Å². The molecule has 1 N–H and O–H groups in total. The van der Waals surface area contributed by atoms with Gasteiger partial charge < -0.3 is 5.32 Å². The first-order valence-electron chi connectivity index (χ1n) is 5.70. The molecule has 1 aromatic carbocycles. The van der Waals surface area contributed by atoms with Crippen LogP contribution in [0.5, 0.6) is 0 Å². The van der Waals surface area contributed by atoms with Crippen LogP contribution in [0, 0.1) is 0 Å². The highest BCUT2D eigenvalue weighted by Crippen LogP contribution is 2.34. The second-order valence-electron chi connectivity index (χ2n) is 3.98. The number of aliphatic imine (C=N–C) groups is 1. The summed E-state index contributed by atoms with van der Waals surface area (Å²) in [6.07, 6.45) is -4.38. The van der Waals surface area contributed by atoms with Crippen molar-refractivity contribution in [3.05, 3.63) is 29.8 Å². The number of benzene rings is 1. The van der Waals surface area contributed by atoms with Crippen LogP contribution in [0.25, 0.3) is 0 Å². The summed E-state index contributed by atoms with van der Waals surface area (Å²) >= 11 is 2.64. The lowest BCUT2D eigenvalue weighted by atomic mass is 10.2. The lowest BCUT2D eigenvalue weighted by Crippen LogP contribution is -2.34. The maximum Gasteiger partial charge on any atom is 0.405 e. The number of nitrogens with zero attached hydrogens (tertiary/aromatic N) is 1. The minimum Gasteiger partial charge on any atom is -0.346 e. The van der Waals surface area contributed by atoms with Crippen LogP contribution in [0.3, 0.4) is 0 Å². The number of halogens is 3. The Bertz CT molecular complexity index is 532. The van der Waals surface area contributed by atoms with E-state index in [-0.39, 0.29) is 5.75 Å². The number of carbonyl (C=O) groups is 1. The second kappa shape index (κ2) is 6.53. The first-order chi connectivity index (χ1) is 9.44. The van der Waals surface area contributed by atoms with Crippen LogP contribution in [0.2, 0.25) is 0 Å². The molecule has 20 heavy (non-hydrogen) atoms. The highest BCUT2D eigenvalue weighted by atomic mass is 32.2. The fourth-order valence-electron chi connectivity index (χ4n) is 1.46. The molecule has 0 saturated heterocycles. The minimum absolute atomic E-state index is 0.0654. The maximum atomic E-state index is 11.9. The van der Waals surface area contributed by atoms with Gasteiger partial charge in [-0.15, -0.1) is 0 Å². The zero-order chi connectivity index (χ0) is 14.6. The van der Waals surface area contributed by atoms with Gasteiger partial charge in [0.2, 0.25) is 5.91 Å². The molecule has 1 heterocycles. The van der Waals surface area contributed by atoms with Crippen molar-refractivity contribution in [1.82, 2.24) is 5.32 Å². The number of fused-ring (bicyclic) bond motifs is 1. The predicted octanol–water partition coefficient (Wildman–Crippen LogP) is 3.33. The Hall–Kier alpha value is -1.15. The van der Waals surface area contributed by atoms with Gasteiger partial charge >= 0.3 is 6.18 Å². The molecule has 0 fully saturated rings. The number of carbonyl (C=O) groups excluding carboxylic acids is 1. The van der Waals surface area contributed by atoms with Crippen molar-refractivity contribution in [1.29, 1.82) is 0 Å². The molecule has 1 aromatic rings. The summed E-state index contributed by atoms with van der Waals surface area (Å²) in [5, 5.41) is 1.83. The molecule has 0 saturated carbocycles. The van der Waals surface area contributed by atoms with Gasteiger partial charge in [0.15, 0.2) is 0 Å². The Kier molecular flexibility index (Phi) is 4.98. The molecular formula is C12H11F3N2OS2. The van der Waals surface area contributed by atoms with Gasteiger partial charge in [-0.05, 0) is 11.6 Å². The van der Waals surface area contributed by atoms with Crippen molar-refractivity contribution in [2.75, 3.05) is 12.3 Å². The average molecular weight is 320 g/mol. The molecule has 3 nitrogen and oxygen atoms in total. The van der Waals surface area contributed by atoms with Gasteiger partial charge in [0, 0.05) is 5.75 Å². The van der Waals surface area contributed by atoms with Crippen molar-refractivity contribution >= 4 is 39.5 Å². The molecule has 0 aromatic heterocycles. The normalized spacial score (nSPS) is 14.4. The fourth-order valence-corrected chi connectivity index (χ4v) is 3.36. The van der Waals surface area contributed by atoms with Gasteiger partial charge in [-0.3, -0.25) is 4.79 Å². The van der Waals surface area contributed by atoms with Gasteiger partial charge in [-0.25, -0.2) is 4.99 Å². The summed E-state index contributed by atoms with van der Waals surface area (Å²) in [6, 6.07) is 7.65. The molecular weight excluding hydrogens is 309 g/mol. The van der Waals surface area contributed by atoms with Crippen molar-refractivity contribution in [2.24, 2.45) is 4.99 Å². The van der Waals surface area contributed by atoms with E-state index in [1.165, 1.54) is 11.8 Å². The van der Waals surface area contributed by atoms with E-state index >= 15 is 0 Å². The molecule has 0 bridgehead atoms. The van der Waals surface area contributed by atoms with Crippen LogP contribution in [0.15, 0.2) is 29.3 Å². The number of para-hydroxylation sites is 1. The Morgan fingerprint density at radius 2 is 2.15 bits per heavy atom. The van der Waals surface area contributed by atoms with E-state index in [4.69, 9.17) is 0 Å². The molecule has 0 unspecified atom stereocenters. The van der Waals surface area contributed by atoms with E-state index in [0.717, 1.165) is 28.8 Å². The molecule has 2 rings (SSSR count). The first kappa shape index (κ1) is 15.2. The lowest BCUT2D eigenvalue weighted by Gasteiger charge is -2.14. The number of rotatable bonds is 3. The monoisotopic (exact) mass is 320 g/mol. The smallest absolute Gasteiger partial charge is 0.346 e. The van der Waals surface area contributed by atoms with Crippen LogP contribution in [-0.4, -0.2) is 28.8 Å². The van der Waals surface area contributed by atoms with Gasteiger partial charge in [0.05, 0.1) is 11.4 Å². The van der Waals surface area contributed by atoms with Crippen LogP contribution < -0.4 is 5.32 Å². The van der Waals surface area contributed by atoms with Gasteiger partial charge in [-0.2, -0.15) is 13.2 Å². The van der Waals surface area contributed by atoms with E-state index in [9.17, 15) is 18.0 Å². The van der Waals surface area contributed by atoms with Crippen molar-refractivity contribution in [3.63, 3.8) is 0 Å². The lowest BCUT2D eigenvalue weighted by molar-refractivity contribution is -0.136. The maximum absolute atomic E-state index is 11.9. The van der Waals surface area contributed by atoms with Crippen LogP contribution >= 0.6 is 23.5 Å². The minimum atomic E-state index is -4.38. The van der Waals surface area contributed by atoms with E-state index in [1.54, 1.807) is 0 Å². The molecule has 0 spiro atoms. The van der Waals surface area contributed by atoms with Crippen LogP contribution in [0.4, 0.5) is 18.9 Å². The first-order valence-corrected chi connectivity index (χ1v) is 7.67. The third-order valence-electron chi connectivity index (χ3n) is 2.37. The molecule has 1 aliphatic heterocycles. The Morgan fingerprint density at radius 3 is 2.90 bits per heavy atom. The Balaban J connectivity index is 1.83. The summed E-state index contributed by atoms with van der Waals surface area (Å²) in [5.41, 5.74) is 1.97. The quantitative estimate of drug-likeness (QED) is 0.929. The molecule has 108 valence electrons. The Labute approximate surface area is 122 Å². The number of amides is 1. The zero-order valence-electron chi connectivity index (χ0n) is 10.2. The summed E-state index contributed by atoms with van der Waals surface area (Å²) in [7, 11) is 0. The number of alkyl halides is 3. The highest BCUT2D eigenvalue weighted by Gasteiger charge is 2.27. The van der Waals surface area contributed by atoms with Gasteiger partial charge in [0.25, 0.3) is 0 Å². The standard InChI is InChI=1S/C12H11F3N2OS2/c13-12(14,15)7-16-10(18)6-20-11-17-9-4-2-1-3-8(9)5-19-11/h1-4H,5-7H2,(H,16,18). The van der Waals surface area contributed by atoms with Crippen molar-refractivity contribution in [3.8, 4) is 0 Å². The van der Waals surface area contributed by atoms with Gasteiger partial charge in [-0.1, -0.05) is 41.7 Å². The summed E-state index contributed by atoms with van der Waals surface area (Å²) in [5.74, 6) is 0.0467. The highest BCUT2D eigenvalue weighted by molar-refractivity contribution is 8.38. The topological polar surface area (TPSA) is 41.5 Å². The fraction of sp³-hybridized carbons (Fsp3) is 0.333. The summed E-state index contributed by atoms with van der Waals surface area (Å²) < 4.78 is 36.5. The second-order valence-corrected chi connectivity index (χ2v) is 6.16. The van der Waals surface area contributed by atoms with E-state index in [2.05, 4.69) is 4.99 Å². The third-order valence-corrected chi connectivity index (χ3v) is 4.61. The van der Waals surface area contributed by atoms with Crippen molar-refractivity contribution < 1.29 is 18.0 Å². The Morgan fingerprint density at radius 1 is 1.40 bits per heavy atom. The summed E-state index contributed by atoms with van der Waals surface area (Å²) in [6.45, 7) is -1.30. The molecule has 0 aliphatic carbocycles. The molecule has 0 radical (unpaired) electrons. The van der Waals surface area contributed by atoms with Crippen LogP contribution in [-0.2, 0) is 10.5 Å². The average Bonchev–Trinajstić information content (AvgIpc) is 2.42. The number of nitrogens with one attached hydrogen (secondary N) is 1. The largest absolute Gasteiger partial charge is 0.405 e. The van der Waals surface area contributed by atoms with E-state index in [0.29, 0.717) is 4.38 Å². The van der Waals surface area contributed by atoms with Crippen molar-refractivity contribution in [2.45, 2.75) is 11.9 Å².